The summed E-state index contributed by atoms with van der Waals surface area (Å²) in [6.45, 7) is 16.8. The van der Waals surface area contributed by atoms with Crippen LogP contribution in [0.1, 0.15) is 65.2 Å². The number of benzene rings is 3. The number of ether oxygens (including phenoxy) is 1. The fourth-order valence-electron chi connectivity index (χ4n) is 3.21. The molecule has 32 heavy (non-hydrogen) atoms. The van der Waals surface area contributed by atoms with Crippen LogP contribution in [0.4, 0.5) is 0 Å². The molecule has 3 nitrogen and oxygen atoms in total. The Bertz CT molecular complexity index is 1030. The van der Waals surface area contributed by atoms with E-state index in [0.29, 0.717) is 16.4 Å². The molecule has 0 unspecified atom stereocenters. The van der Waals surface area contributed by atoms with Gasteiger partial charge in [0.15, 0.2) is 0 Å². The van der Waals surface area contributed by atoms with Gasteiger partial charge < -0.3 is 4.74 Å². The van der Waals surface area contributed by atoms with Crippen LogP contribution < -0.4 is 4.74 Å². The maximum absolute atomic E-state index is 12.9. The van der Waals surface area contributed by atoms with Gasteiger partial charge in [-0.2, -0.15) is 0 Å². The predicted octanol–water partition coefficient (Wildman–Crippen LogP) is 7.60. The molecular formula is C28H38O3S. The van der Waals surface area contributed by atoms with Crippen molar-refractivity contribution in [1.29, 1.82) is 0 Å². The standard InChI is InChI=1S/C24H26O3S.2C2H6/c1-5-27-21-12-8-19(9-13-21)24(3,4)20-10-16-23(17-11-20)28(25,26)22-14-6-18(2)7-15-22;2*1-2/h6-17H,5H2,1-4H3;2*1-2H3. The Morgan fingerprint density at radius 1 is 0.688 bits per heavy atom. The van der Waals surface area contributed by atoms with Crippen molar-refractivity contribution >= 4 is 9.84 Å². The maximum Gasteiger partial charge on any atom is 0.206 e. The fraction of sp³-hybridized carbons (Fsp3) is 0.357. The van der Waals surface area contributed by atoms with E-state index in [4.69, 9.17) is 4.74 Å². The molecule has 0 aliphatic rings. The number of rotatable bonds is 6. The largest absolute Gasteiger partial charge is 0.494 e. The summed E-state index contributed by atoms with van der Waals surface area (Å²) in [5.41, 5.74) is 2.98. The minimum Gasteiger partial charge on any atom is -0.494 e. The van der Waals surface area contributed by atoms with Crippen LogP contribution in [0.3, 0.4) is 0 Å². The summed E-state index contributed by atoms with van der Waals surface area (Å²) in [5, 5.41) is 0. The van der Waals surface area contributed by atoms with Crippen LogP contribution in [0.25, 0.3) is 0 Å². The molecular weight excluding hydrogens is 416 g/mol. The molecule has 0 aromatic heterocycles. The highest BCUT2D eigenvalue weighted by Crippen LogP contribution is 2.33. The predicted molar refractivity (Wildman–Crippen MR) is 136 cm³/mol. The summed E-state index contributed by atoms with van der Waals surface area (Å²) in [4.78, 5) is 0.624. The molecule has 0 aliphatic heterocycles. The average molecular weight is 455 g/mol. The second kappa shape index (κ2) is 12.4. The lowest BCUT2D eigenvalue weighted by molar-refractivity contribution is 0.340. The molecule has 0 heterocycles. The molecule has 174 valence electrons. The van der Waals surface area contributed by atoms with Gasteiger partial charge in [0.1, 0.15) is 5.75 Å². The van der Waals surface area contributed by atoms with Crippen LogP contribution in [-0.4, -0.2) is 15.0 Å². The molecule has 3 aromatic carbocycles. The SMILES string of the molecule is CC.CC.CCOc1ccc(C(C)(C)c2ccc(S(=O)(=O)c3ccc(C)cc3)cc2)cc1. The molecule has 0 saturated heterocycles. The third kappa shape index (κ3) is 6.46. The zero-order valence-electron chi connectivity index (χ0n) is 20.8. The Morgan fingerprint density at radius 3 is 1.47 bits per heavy atom. The topological polar surface area (TPSA) is 43.4 Å². The van der Waals surface area contributed by atoms with Crippen molar-refractivity contribution in [3.05, 3.63) is 89.5 Å². The fourth-order valence-corrected chi connectivity index (χ4v) is 4.47. The maximum atomic E-state index is 12.9. The minimum absolute atomic E-state index is 0.253. The van der Waals surface area contributed by atoms with Gasteiger partial charge in [0.25, 0.3) is 0 Å². The molecule has 0 saturated carbocycles. The lowest BCUT2D eigenvalue weighted by Crippen LogP contribution is -2.19. The molecule has 0 spiro atoms. The van der Waals surface area contributed by atoms with Gasteiger partial charge >= 0.3 is 0 Å². The van der Waals surface area contributed by atoms with Gasteiger partial charge in [-0.05, 0) is 61.4 Å². The van der Waals surface area contributed by atoms with Gasteiger partial charge in [0.05, 0.1) is 16.4 Å². The van der Waals surface area contributed by atoms with E-state index in [2.05, 4.69) is 26.0 Å². The molecule has 0 bridgehead atoms. The van der Waals surface area contributed by atoms with E-state index in [1.807, 2.05) is 77.9 Å². The summed E-state index contributed by atoms with van der Waals surface area (Å²) >= 11 is 0. The Hall–Kier alpha value is -2.59. The first-order valence-electron chi connectivity index (χ1n) is 11.4. The van der Waals surface area contributed by atoms with Crippen molar-refractivity contribution in [3.8, 4) is 5.75 Å². The summed E-state index contributed by atoms with van der Waals surface area (Å²) in [7, 11) is -3.51. The highest BCUT2D eigenvalue weighted by molar-refractivity contribution is 7.91. The molecule has 0 fully saturated rings. The quantitative estimate of drug-likeness (QED) is 0.385. The molecule has 3 rings (SSSR count). The second-order valence-corrected chi connectivity index (χ2v) is 9.37. The van der Waals surface area contributed by atoms with Crippen molar-refractivity contribution in [1.82, 2.24) is 0 Å². The Morgan fingerprint density at radius 2 is 1.06 bits per heavy atom. The lowest BCUT2D eigenvalue weighted by Gasteiger charge is -2.26. The molecule has 0 amide bonds. The molecule has 4 heteroatoms. The molecule has 0 aliphatic carbocycles. The zero-order valence-corrected chi connectivity index (χ0v) is 21.6. The van der Waals surface area contributed by atoms with Crippen molar-refractivity contribution in [3.63, 3.8) is 0 Å². The van der Waals surface area contributed by atoms with E-state index < -0.39 is 9.84 Å². The smallest absolute Gasteiger partial charge is 0.206 e. The van der Waals surface area contributed by atoms with Crippen molar-refractivity contribution in [2.75, 3.05) is 6.61 Å². The Balaban J connectivity index is 0.00000121. The van der Waals surface area contributed by atoms with E-state index >= 15 is 0 Å². The lowest BCUT2D eigenvalue weighted by atomic mass is 9.78. The van der Waals surface area contributed by atoms with Crippen LogP contribution in [0.2, 0.25) is 0 Å². The number of aryl methyl sites for hydroxylation is 1. The van der Waals surface area contributed by atoms with Crippen molar-refractivity contribution < 1.29 is 13.2 Å². The number of hydrogen-bond donors (Lipinski definition) is 0. The van der Waals surface area contributed by atoms with E-state index in [0.717, 1.165) is 22.4 Å². The monoisotopic (exact) mass is 454 g/mol. The summed E-state index contributed by atoms with van der Waals surface area (Å²) in [6, 6.07) is 22.2. The Kier molecular flexibility index (Phi) is 10.7. The van der Waals surface area contributed by atoms with Crippen LogP contribution in [-0.2, 0) is 15.3 Å². The van der Waals surface area contributed by atoms with E-state index in [1.165, 1.54) is 0 Å². The number of hydrogen-bond acceptors (Lipinski definition) is 3. The summed E-state index contributed by atoms with van der Waals surface area (Å²) < 4.78 is 31.2. The molecule has 0 atom stereocenters. The van der Waals surface area contributed by atoms with Crippen LogP contribution in [0.5, 0.6) is 5.75 Å². The highest BCUT2D eigenvalue weighted by atomic mass is 32.2. The Labute approximate surface area is 195 Å². The normalized spacial score (nSPS) is 10.9. The van der Waals surface area contributed by atoms with E-state index in [-0.39, 0.29) is 5.41 Å². The first kappa shape index (κ1) is 27.4. The van der Waals surface area contributed by atoms with Gasteiger partial charge in [0.2, 0.25) is 9.84 Å². The van der Waals surface area contributed by atoms with Crippen LogP contribution >= 0.6 is 0 Å². The first-order valence-corrected chi connectivity index (χ1v) is 12.9. The van der Waals surface area contributed by atoms with Gasteiger partial charge in [-0.15, -0.1) is 0 Å². The third-order valence-corrected chi connectivity index (χ3v) is 6.89. The first-order chi connectivity index (χ1) is 15.2. The second-order valence-electron chi connectivity index (χ2n) is 7.42. The van der Waals surface area contributed by atoms with Gasteiger partial charge in [-0.3, -0.25) is 0 Å². The van der Waals surface area contributed by atoms with E-state index in [9.17, 15) is 8.42 Å². The number of sulfone groups is 1. The summed E-state index contributed by atoms with van der Waals surface area (Å²) in [5.74, 6) is 0.849. The molecule has 0 N–H and O–H groups in total. The third-order valence-electron chi connectivity index (χ3n) is 5.10. The van der Waals surface area contributed by atoms with Crippen molar-refractivity contribution in [2.24, 2.45) is 0 Å². The average Bonchev–Trinajstić information content (AvgIpc) is 2.83. The minimum atomic E-state index is -3.51. The zero-order chi connectivity index (χ0) is 24.4. The molecule has 0 radical (unpaired) electrons. The van der Waals surface area contributed by atoms with Crippen LogP contribution in [0, 0.1) is 6.92 Å². The summed E-state index contributed by atoms with van der Waals surface area (Å²) in [6.07, 6.45) is 0. The van der Waals surface area contributed by atoms with Crippen LogP contribution in [0.15, 0.2) is 82.6 Å². The molecule has 3 aromatic rings. The van der Waals surface area contributed by atoms with Gasteiger partial charge in [0, 0.05) is 5.41 Å². The van der Waals surface area contributed by atoms with Gasteiger partial charge in [-0.25, -0.2) is 8.42 Å². The highest BCUT2D eigenvalue weighted by Gasteiger charge is 2.24. The van der Waals surface area contributed by atoms with Gasteiger partial charge in [-0.1, -0.05) is 83.5 Å². The van der Waals surface area contributed by atoms with E-state index in [1.54, 1.807) is 24.3 Å². The van der Waals surface area contributed by atoms with Crippen molar-refractivity contribution in [2.45, 2.75) is 70.6 Å².